The van der Waals surface area contributed by atoms with E-state index in [0.29, 0.717) is 24.7 Å². The molecule has 26 heavy (non-hydrogen) atoms. The number of aryl methyl sites for hydroxylation is 1. The number of likely N-dealkylation sites (N-methyl/N-ethyl adjacent to an activating group) is 1. The Balaban J connectivity index is 1.52. The Kier molecular flexibility index (Phi) is 4.53. The molecule has 1 unspecified atom stereocenters. The minimum absolute atomic E-state index is 0.0968. The first-order valence-corrected chi connectivity index (χ1v) is 9.36. The Morgan fingerprint density at radius 1 is 1.46 bits per heavy atom. The largest absolute Gasteiger partial charge is 0.490 e. The molecular weight excluding hydrogens is 352 g/mol. The van der Waals surface area contributed by atoms with Crippen LogP contribution in [0.4, 0.5) is 5.69 Å². The highest BCUT2D eigenvalue weighted by molar-refractivity contribution is 6.31. The van der Waals surface area contributed by atoms with Crippen LogP contribution in [0.3, 0.4) is 0 Å². The van der Waals surface area contributed by atoms with Gasteiger partial charge in [0.15, 0.2) is 0 Å². The number of fused-ring (bicyclic) bond motifs is 2. The van der Waals surface area contributed by atoms with Crippen LogP contribution >= 0.6 is 11.6 Å². The molecule has 1 amide bonds. The van der Waals surface area contributed by atoms with Crippen LogP contribution in [0.25, 0.3) is 0 Å². The van der Waals surface area contributed by atoms with Crippen LogP contribution < -0.4 is 9.64 Å². The monoisotopic (exact) mass is 374 g/mol. The van der Waals surface area contributed by atoms with Crippen LogP contribution in [-0.2, 0) is 18.3 Å². The van der Waals surface area contributed by atoms with E-state index in [1.54, 1.807) is 0 Å². The van der Waals surface area contributed by atoms with E-state index in [9.17, 15) is 4.79 Å². The SMILES string of the molecule is CN(C(=O)CN1CCOc2ccc(Cl)cc21)C1CCCc2c1cnn2C. The number of carbonyl (C=O) groups excluding carboxylic acids is 1. The van der Waals surface area contributed by atoms with Gasteiger partial charge in [-0.25, -0.2) is 0 Å². The molecule has 0 saturated carbocycles. The molecule has 1 aliphatic heterocycles. The van der Waals surface area contributed by atoms with Gasteiger partial charge in [0.25, 0.3) is 0 Å². The molecule has 1 aromatic heterocycles. The fraction of sp³-hybridized carbons (Fsp3) is 0.474. The topological polar surface area (TPSA) is 50.6 Å². The number of hydrogen-bond donors (Lipinski definition) is 0. The third-order valence-electron chi connectivity index (χ3n) is 5.41. The summed E-state index contributed by atoms with van der Waals surface area (Å²) in [4.78, 5) is 16.9. The number of carbonyl (C=O) groups is 1. The summed E-state index contributed by atoms with van der Waals surface area (Å²) in [6.45, 7) is 1.57. The van der Waals surface area contributed by atoms with Crippen molar-refractivity contribution in [3.05, 3.63) is 40.7 Å². The third kappa shape index (κ3) is 3.03. The van der Waals surface area contributed by atoms with Gasteiger partial charge in [0, 0.05) is 30.4 Å². The molecule has 0 spiro atoms. The lowest BCUT2D eigenvalue weighted by atomic mass is 9.92. The van der Waals surface area contributed by atoms with Crippen LogP contribution in [0.15, 0.2) is 24.4 Å². The van der Waals surface area contributed by atoms with Crippen LogP contribution in [0.1, 0.15) is 30.1 Å². The summed E-state index contributed by atoms with van der Waals surface area (Å²) in [5, 5.41) is 5.03. The number of ether oxygens (including phenoxy) is 1. The number of halogens is 1. The second-order valence-corrected chi connectivity index (χ2v) is 7.40. The normalized spacial score (nSPS) is 18.7. The van der Waals surface area contributed by atoms with Crippen LogP contribution in [0, 0.1) is 0 Å². The highest BCUT2D eigenvalue weighted by atomic mass is 35.5. The van der Waals surface area contributed by atoms with Gasteiger partial charge in [-0.3, -0.25) is 9.48 Å². The van der Waals surface area contributed by atoms with Gasteiger partial charge in [0.2, 0.25) is 5.91 Å². The zero-order chi connectivity index (χ0) is 18.3. The van der Waals surface area contributed by atoms with Gasteiger partial charge in [0.1, 0.15) is 12.4 Å². The molecule has 2 aliphatic rings. The first-order chi connectivity index (χ1) is 12.5. The highest BCUT2D eigenvalue weighted by Crippen LogP contribution is 2.35. The Morgan fingerprint density at radius 3 is 3.15 bits per heavy atom. The average Bonchev–Trinajstić information content (AvgIpc) is 3.03. The fourth-order valence-electron chi connectivity index (χ4n) is 3.94. The second kappa shape index (κ2) is 6.83. The molecule has 0 bridgehead atoms. The molecule has 7 heteroatoms. The Labute approximate surface area is 158 Å². The van der Waals surface area contributed by atoms with E-state index in [-0.39, 0.29) is 11.9 Å². The van der Waals surface area contributed by atoms with Gasteiger partial charge in [-0.1, -0.05) is 11.6 Å². The van der Waals surface area contributed by atoms with E-state index < -0.39 is 0 Å². The molecule has 1 aromatic carbocycles. The maximum absolute atomic E-state index is 13.0. The number of rotatable bonds is 3. The molecule has 138 valence electrons. The number of hydrogen-bond acceptors (Lipinski definition) is 4. The number of benzene rings is 1. The van der Waals surface area contributed by atoms with Crippen molar-refractivity contribution in [1.29, 1.82) is 0 Å². The summed E-state index contributed by atoms with van der Waals surface area (Å²) in [5.74, 6) is 0.878. The number of anilines is 1. The number of nitrogens with zero attached hydrogens (tertiary/aromatic N) is 4. The third-order valence-corrected chi connectivity index (χ3v) is 5.65. The average molecular weight is 375 g/mol. The predicted octanol–water partition coefficient (Wildman–Crippen LogP) is 2.81. The lowest BCUT2D eigenvalue weighted by Crippen LogP contribution is -2.43. The standard InChI is InChI=1S/C19H23ClN4O2/c1-22(15-4-3-5-16-14(15)11-21-23(16)2)19(25)12-24-8-9-26-18-7-6-13(20)10-17(18)24/h6-7,10-11,15H,3-5,8-9,12H2,1-2H3. The minimum atomic E-state index is 0.0968. The highest BCUT2D eigenvalue weighted by Gasteiger charge is 2.30. The lowest BCUT2D eigenvalue weighted by Gasteiger charge is -2.35. The van der Waals surface area contributed by atoms with Crippen molar-refractivity contribution >= 4 is 23.2 Å². The van der Waals surface area contributed by atoms with Gasteiger partial charge in [-0.05, 0) is 37.5 Å². The number of amides is 1. The van der Waals surface area contributed by atoms with Gasteiger partial charge in [0.05, 0.1) is 31.0 Å². The van der Waals surface area contributed by atoms with Crippen LogP contribution in [-0.4, -0.2) is 47.3 Å². The van der Waals surface area contributed by atoms with Crippen LogP contribution in [0.2, 0.25) is 5.02 Å². The first kappa shape index (κ1) is 17.2. The summed E-state index contributed by atoms with van der Waals surface area (Å²) >= 11 is 6.13. The van der Waals surface area contributed by atoms with Gasteiger partial charge in [-0.15, -0.1) is 0 Å². The Hall–Kier alpha value is -2.21. The molecule has 2 aromatic rings. The fourth-order valence-corrected chi connectivity index (χ4v) is 4.11. The van der Waals surface area contributed by atoms with Crippen LogP contribution in [0.5, 0.6) is 5.75 Å². The minimum Gasteiger partial charge on any atom is -0.490 e. The molecule has 1 aliphatic carbocycles. The van der Waals surface area contributed by atoms with Crippen molar-refractivity contribution in [3.63, 3.8) is 0 Å². The van der Waals surface area contributed by atoms with Gasteiger partial charge in [-0.2, -0.15) is 5.10 Å². The predicted molar refractivity (Wildman–Crippen MR) is 101 cm³/mol. The molecule has 2 heterocycles. The summed E-state index contributed by atoms with van der Waals surface area (Å²) in [6.07, 6.45) is 4.99. The van der Waals surface area contributed by atoms with E-state index >= 15 is 0 Å². The number of aromatic nitrogens is 2. The van der Waals surface area contributed by atoms with Crippen molar-refractivity contribution < 1.29 is 9.53 Å². The van der Waals surface area contributed by atoms with Crippen molar-refractivity contribution in [1.82, 2.24) is 14.7 Å². The van der Waals surface area contributed by atoms with Gasteiger partial charge >= 0.3 is 0 Å². The maximum Gasteiger partial charge on any atom is 0.242 e. The summed E-state index contributed by atoms with van der Waals surface area (Å²) in [6, 6.07) is 5.63. The van der Waals surface area contributed by atoms with E-state index in [0.717, 1.165) is 30.7 Å². The quantitative estimate of drug-likeness (QED) is 0.829. The van der Waals surface area contributed by atoms with E-state index in [2.05, 4.69) is 10.00 Å². The molecule has 0 fully saturated rings. The molecule has 0 N–H and O–H groups in total. The Morgan fingerprint density at radius 2 is 2.31 bits per heavy atom. The van der Waals surface area contributed by atoms with E-state index in [1.807, 2.05) is 48.1 Å². The molecule has 0 saturated heterocycles. The van der Waals surface area contributed by atoms with Crippen molar-refractivity contribution in [3.8, 4) is 5.75 Å². The summed E-state index contributed by atoms with van der Waals surface area (Å²) in [5.41, 5.74) is 3.31. The van der Waals surface area contributed by atoms with Gasteiger partial charge < -0.3 is 14.5 Å². The lowest BCUT2D eigenvalue weighted by molar-refractivity contribution is -0.131. The van der Waals surface area contributed by atoms with E-state index in [1.165, 1.54) is 11.3 Å². The zero-order valence-electron chi connectivity index (χ0n) is 15.1. The molecular formula is C19H23ClN4O2. The van der Waals surface area contributed by atoms with Crippen molar-refractivity contribution in [2.45, 2.75) is 25.3 Å². The molecule has 1 atom stereocenters. The zero-order valence-corrected chi connectivity index (χ0v) is 15.9. The maximum atomic E-state index is 13.0. The molecule has 6 nitrogen and oxygen atoms in total. The smallest absolute Gasteiger partial charge is 0.242 e. The summed E-state index contributed by atoms with van der Waals surface area (Å²) in [7, 11) is 3.87. The summed E-state index contributed by atoms with van der Waals surface area (Å²) < 4.78 is 7.61. The second-order valence-electron chi connectivity index (χ2n) is 6.96. The molecule has 0 radical (unpaired) electrons. The van der Waals surface area contributed by atoms with Crippen molar-refractivity contribution in [2.24, 2.45) is 7.05 Å². The first-order valence-electron chi connectivity index (χ1n) is 8.98. The molecule has 4 rings (SSSR count). The van der Waals surface area contributed by atoms with Crippen molar-refractivity contribution in [2.75, 3.05) is 31.6 Å². The van der Waals surface area contributed by atoms with E-state index in [4.69, 9.17) is 16.3 Å². The Bertz CT molecular complexity index is 835.